The highest BCUT2D eigenvalue weighted by molar-refractivity contribution is 7.92. The van der Waals surface area contributed by atoms with E-state index in [1.807, 2.05) is 49.9 Å². The Kier molecular flexibility index (Phi) is 14.0. The first-order valence-electron chi connectivity index (χ1n) is 20.1. The second kappa shape index (κ2) is 19.2. The summed E-state index contributed by atoms with van der Waals surface area (Å²) in [4.78, 5) is 38.2. The Bertz CT molecular complexity index is 2510. The summed E-state index contributed by atoms with van der Waals surface area (Å²) in [7, 11) is 4.92. The Labute approximate surface area is 363 Å². The summed E-state index contributed by atoms with van der Waals surface area (Å²) in [5, 5.41) is 10.5. The average molecular weight is 869 g/mol. The highest BCUT2D eigenvalue weighted by atomic mass is 32.2. The lowest BCUT2D eigenvalue weighted by Gasteiger charge is -2.35. The molecule has 0 aliphatic carbocycles. The quantitative estimate of drug-likeness (QED) is 0.0821. The van der Waals surface area contributed by atoms with Gasteiger partial charge in [-0.25, -0.2) is 18.2 Å². The molecule has 5 aromatic rings. The number of carbonyl (C=O) groups is 2. The number of hydrogen-bond acceptors (Lipinski definition) is 12. The van der Waals surface area contributed by atoms with Gasteiger partial charge in [-0.3, -0.25) is 14.4 Å². The van der Waals surface area contributed by atoms with Crippen molar-refractivity contribution in [3.05, 3.63) is 90.1 Å². The van der Waals surface area contributed by atoms with Crippen molar-refractivity contribution in [2.24, 2.45) is 0 Å². The minimum absolute atomic E-state index is 0.149. The number of ether oxygens (including phenoxy) is 4. The smallest absolute Gasteiger partial charge is 0.323 e. The number of sulfonamides is 1. The zero-order valence-corrected chi connectivity index (χ0v) is 37.5. The van der Waals surface area contributed by atoms with Crippen LogP contribution in [0.4, 0.5) is 33.4 Å². The molecule has 17 heteroatoms. The molecule has 4 N–H and O–H groups in total. The van der Waals surface area contributed by atoms with Crippen molar-refractivity contribution in [2.75, 3.05) is 102 Å². The molecule has 0 bridgehead atoms. The molecule has 1 aliphatic rings. The van der Waals surface area contributed by atoms with E-state index in [9.17, 15) is 18.0 Å². The van der Waals surface area contributed by atoms with E-state index in [4.69, 9.17) is 18.9 Å². The van der Waals surface area contributed by atoms with Gasteiger partial charge in [0.1, 0.15) is 34.4 Å². The summed E-state index contributed by atoms with van der Waals surface area (Å²) in [5.74, 6) is 2.26. The monoisotopic (exact) mass is 868 g/mol. The fourth-order valence-corrected chi connectivity index (χ4v) is 7.63. The molecule has 0 spiro atoms. The van der Waals surface area contributed by atoms with Gasteiger partial charge in [0.25, 0.3) is 5.91 Å². The lowest BCUT2D eigenvalue weighted by molar-refractivity contribution is 0.0623. The number of fused-ring (bicyclic) bond motifs is 1. The number of nitrogens with one attached hydrogen (secondary N) is 4. The van der Waals surface area contributed by atoms with Crippen LogP contribution in [0.3, 0.4) is 0 Å². The molecule has 1 saturated heterocycles. The van der Waals surface area contributed by atoms with Gasteiger partial charge in [0.05, 0.1) is 44.6 Å². The van der Waals surface area contributed by atoms with E-state index in [-0.39, 0.29) is 28.4 Å². The second-order valence-electron chi connectivity index (χ2n) is 16.3. The fraction of sp³-hybridized carbons (Fsp3) is 0.356. The Morgan fingerprint density at radius 3 is 2.05 bits per heavy atom. The maximum Gasteiger partial charge on any atom is 0.323 e. The summed E-state index contributed by atoms with van der Waals surface area (Å²) in [6.45, 7) is 10.7. The molecule has 16 nitrogen and oxygen atoms in total. The third kappa shape index (κ3) is 11.1. The number of urea groups is 1. The van der Waals surface area contributed by atoms with E-state index in [1.165, 1.54) is 21.3 Å². The van der Waals surface area contributed by atoms with Crippen LogP contribution in [0.5, 0.6) is 28.7 Å². The number of nitrogens with zero attached hydrogens (tertiary/aromatic N) is 4. The van der Waals surface area contributed by atoms with Gasteiger partial charge >= 0.3 is 6.03 Å². The van der Waals surface area contributed by atoms with Gasteiger partial charge in [-0.05, 0) is 55.4 Å². The maximum absolute atomic E-state index is 13.8. The zero-order chi connectivity index (χ0) is 44.8. The first-order valence-corrected chi connectivity index (χ1v) is 22.0. The van der Waals surface area contributed by atoms with Gasteiger partial charge in [-0.1, -0.05) is 45.0 Å². The van der Waals surface area contributed by atoms with Crippen LogP contribution in [0.15, 0.2) is 79.0 Å². The van der Waals surface area contributed by atoms with Crippen molar-refractivity contribution in [3.8, 4) is 28.7 Å². The fourth-order valence-electron chi connectivity index (χ4n) is 7.08. The number of carbonyl (C=O) groups excluding carboxylic acids is 2. The highest BCUT2D eigenvalue weighted by Gasteiger charge is 2.28. The Morgan fingerprint density at radius 1 is 0.790 bits per heavy atom. The van der Waals surface area contributed by atoms with Crippen molar-refractivity contribution in [2.45, 2.75) is 26.2 Å². The molecule has 62 heavy (non-hydrogen) atoms. The van der Waals surface area contributed by atoms with E-state index in [1.54, 1.807) is 54.7 Å². The highest BCUT2D eigenvalue weighted by Crippen LogP contribution is 2.40. The minimum atomic E-state index is -3.65. The number of piperazine rings is 1. The molecule has 0 radical (unpaired) electrons. The van der Waals surface area contributed by atoms with E-state index in [2.05, 4.69) is 49.6 Å². The van der Waals surface area contributed by atoms with Crippen molar-refractivity contribution in [1.29, 1.82) is 0 Å². The first kappa shape index (κ1) is 45.2. The molecule has 4 aromatic carbocycles. The Hall–Kier alpha value is -6.30. The molecule has 2 heterocycles. The topological polar surface area (TPSA) is 176 Å². The number of benzene rings is 4. The van der Waals surface area contributed by atoms with E-state index in [0.29, 0.717) is 64.2 Å². The van der Waals surface area contributed by atoms with Crippen LogP contribution >= 0.6 is 0 Å². The Balaban J connectivity index is 1.18. The Morgan fingerprint density at radius 2 is 1.44 bits per heavy atom. The summed E-state index contributed by atoms with van der Waals surface area (Å²) < 4.78 is 50.4. The van der Waals surface area contributed by atoms with Crippen LogP contribution in [-0.2, 0) is 15.4 Å². The van der Waals surface area contributed by atoms with Gasteiger partial charge in [0, 0.05) is 80.1 Å². The second-order valence-corrected chi connectivity index (χ2v) is 18.0. The number of rotatable bonds is 15. The van der Waals surface area contributed by atoms with E-state index < -0.39 is 16.1 Å². The van der Waals surface area contributed by atoms with Crippen molar-refractivity contribution in [1.82, 2.24) is 19.7 Å². The van der Waals surface area contributed by atoms with E-state index in [0.717, 1.165) is 43.4 Å². The third-order valence-electron chi connectivity index (χ3n) is 10.3. The minimum Gasteiger partial charge on any atom is -0.496 e. The maximum atomic E-state index is 13.8. The first-order chi connectivity index (χ1) is 29.5. The summed E-state index contributed by atoms with van der Waals surface area (Å²) in [5.41, 5.74) is 2.37. The molecule has 6 rings (SSSR count). The lowest BCUT2D eigenvalue weighted by atomic mass is 9.86. The molecule has 0 saturated carbocycles. The largest absolute Gasteiger partial charge is 0.496 e. The van der Waals surface area contributed by atoms with Crippen LogP contribution in [0.2, 0.25) is 0 Å². The molecule has 0 atom stereocenters. The molecule has 3 amide bonds. The normalized spacial score (nSPS) is 13.4. The van der Waals surface area contributed by atoms with Gasteiger partial charge in [0.15, 0.2) is 5.75 Å². The lowest BCUT2D eigenvalue weighted by Crippen LogP contribution is -2.50. The van der Waals surface area contributed by atoms with Gasteiger partial charge in [-0.15, -0.1) is 0 Å². The van der Waals surface area contributed by atoms with Crippen LogP contribution in [0.25, 0.3) is 10.8 Å². The van der Waals surface area contributed by atoms with Crippen molar-refractivity contribution in [3.63, 3.8) is 0 Å². The zero-order valence-electron chi connectivity index (χ0n) is 36.7. The number of hydrogen-bond donors (Lipinski definition) is 4. The molecular formula is C45H56N8O8S. The predicted molar refractivity (Wildman–Crippen MR) is 245 cm³/mol. The third-order valence-corrected chi connectivity index (χ3v) is 10.9. The number of pyridine rings is 1. The molecule has 1 aromatic heterocycles. The van der Waals surface area contributed by atoms with Crippen LogP contribution in [0.1, 0.15) is 36.7 Å². The van der Waals surface area contributed by atoms with Gasteiger partial charge in [0.2, 0.25) is 10.0 Å². The molecule has 1 fully saturated rings. The van der Waals surface area contributed by atoms with Crippen LogP contribution < -0.4 is 39.6 Å². The number of methoxy groups -OCH3 is 3. The van der Waals surface area contributed by atoms with Crippen molar-refractivity contribution < 1.29 is 37.0 Å². The number of amides is 3. The number of anilines is 5. The van der Waals surface area contributed by atoms with Gasteiger partial charge in [-0.2, -0.15) is 0 Å². The molecule has 0 unspecified atom stereocenters. The molecular weight excluding hydrogens is 813 g/mol. The predicted octanol–water partition coefficient (Wildman–Crippen LogP) is 7.43. The SMILES string of the molecule is COc1cc(Nc2cc(Oc3ccc(NC(=O)Nc4cc(C(C)(C)C)cc(NS(C)(=O)=O)c4OC)c4ccccc34)ccn2)cc(OC)c1C(=O)N1CCN(CCN(C)C)CC1. The van der Waals surface area contributed by atoms with Crippen LogP contribution in [-0.4, -0.2) is 121 Å². The van der Waals surface area contributed by atoms with Crippen LogP contribution in [0, 0.1) is 0 Å². The number of aromatic nitrogens is 1. The van der Waals surface area contributed by atoms with Gasteiger partial charge < -0.3 is 44.7 Å². The summed E-state index contributed by atoms with van der Waals surface area (Å²) in [6.07, 6.45) is 2.67. The van der Waals surface area contributed by atoms with Crippen molar-refractivity contribution >= 4 is 61.3 Å². The standard InChI is InChI=1S/C45H56N8O8S/c1-45(2,3)29-24-35(42(60-8)36(25-29)50-62(9,56)57)49-44(55)48-34-14-15-37(33-13-11-10-12-32(33)34)61-31-16-17-46-40(28-31)47-30-26-38(58-6)41(39(27-30)59-7)43(54)53-22-20-52(21-23-53)19-18-51(4)5/h10-17,24-28,50H,18-23H2,1-9H3,(H,46,47)(H2,48,49,55). The number of likely N-dealkylation sites (N-methyl/N-ethyl adjacent to an activating group) is 1. The summed E-state index contributed by atoms with van der Waals surface area (Å²) in [6, 6.07) is 20.9. The molecule has 330 valence electrons. The van der Waals surface area contributed by atoms with E-state index >= 15 is 0 Å². The average Bonchev–Trinajstić information content (AvgIpc) is 3.22. The summed E-state index contributed by atoms with van der Waals surface area (Å²) >= 11 is 0. The molecule has 1 aliphatic heterocycles.